The van der Waals surface area contributed by atoms with Gasteiger partial charge in [-0.2, -0.15) is 5.10 Å². The highest BCUT2D eigenvalue weighted by Gasteiger charge is 2.29. The van der Waals surface area contributed by atoms with Gasteiger partial charge in [0.2, 0.25) is 5.76 Å². The van der Waals surface area contributed by atoms with E-state index in [-0.39, 0.29) is 23.6 Å². The molecule has 0 bridgehead atoms. The van der Waals surface area contributed by atoms with Crippen LogP contribution in [-0.2, 0) is 24.3 Å². The lowest BCUT2D eigenvalue weighted by molar-refractivity contribution is 0.0917. The minimum Gasteiger partial charge on any atom is -0.438 e. The largest absolute Gasteiger partial charge is 0.438 e. The van der Waals surface area contributed by atoms with Gasteiger partial charge in [-0.25, -0.2) is 4.98 Å². The first-order valence-electron chi connectivity index (χ1n) is 8.79. The van der Waals surface area contributed by atoms with Crippen molar-refractivity contribution in [3.8, 4) is 0 Å². The Morgan fingerprint density at radius 2 is 2.19 bits per heavy atom. The van der Waals surface area contributed by atoms with E-state index in [9.17, 15) is 9.59 Å². The van der Waals surface area contributed by atoms with Gasteiger partial charge in [0.1, 0.15) is 0 Å². The van der Waals surface area contributed by atoms with Crippen molar-refractivity contribution >= 4 is 11.8 Å². The standard InChI is InChI=1S/C17H21N5O4/c1-10-15(26-9-19-10)17(24)18-5-6-22-13-4-7-25-8-12(13)14(21-22)16(23)20-11-2-3-11/h9,11H,2-8H2,1H3,(H,18,24)(H,20,23). The predicted molar refractivity (Wildman–Crippen MR) is 89.6 cm³/mol. The molecular weight excluding hydrogens is 338 g/mol. The van der Waals surface area contributed by atoms with Gasteiger partial charge in [0.05, 0.1) is 25.5 Å². The monoisotopic (exact) mass is 359 g/mol. The molecule has 0 atom stereocenters. The van der Waals surface area contributed by atoms with E-state index in [0.29, 0.717) is 44.1 Å². The Hall–Kier alpha value is -2.68. The number of ether oxygens (including phenoxy) is 1. The molecule has 1 aliphatic carbocycles. The van der Waals surface area contributed by atoms with Crippen LogP contribution in [0.3, 0.4) is 0 Å². The number of aryl methyl sites for hydroxylation is 1. The Morgan fingerprint density at radius 1 is 1.35 bits per heavy atom. The van der Waals surface area contributed by atoms with Crippen LogP contribution in [0.2, 0.25) is 0 Å². The van der Waals surface area contributed by atoms with Crippen LogP contribution in [-0.4, -0.2) is 45.8 Å². The first kappa shape index (κ1) is 16.8. The lowest BCUT2D eigenvalue weighted by Crippen LogP contribution is -2.29. The zero-order chi connectivity index (χ0) is 18.1. The number of carbonyl (C=O) groups excluding carboxylic acids is 2. The summed E-state index contributed by atoms with van der Waals surface area (Å²) in [6.45, 7) is 3.56. The molecule has 4 rings (SSSR count). The highest BCUT2D eigenvalue weighted by molar-refractivity contribution is 5.94. The summed E-state index contributed by atoms with van der Waals surface area (Å²) in [4.78, 5) is 28.4. The van der Waals surface area contributed by atoms with Gasteiger partial charge in [-0.05, 0) is 19.8 Å². The second-order valence-electron chi connectivity index (χ2n) is 6.57. The van der Waals surface area contributed by atoms with Gasteiger partial charge in [-0.15, -0.1) is 0 Å². The molecule has 138 valence electrons. The van der Waals surface area contributed by atoms with Crippen molar-refractivity contribution in [2.45, 2.75) is 45.4 Å². The molecule has 3 heterocycles. The summed E-state index contributed by atoms with van der Waals surface area (Å²) in [6.07, 6.45) is 4.00. The maximum Gasteiger partial charge on any atom is 0.289 e. The normalized spacial score (nSPS) is 16.2. The Bertz CT molecular complexity index is 836. The van der Waals surface area contributed by atoms with Crippen molar-refractivity contribution in [3.63, 3.8) is 0 Å². The van der Waals surface area contributed by atoms with Crippen molar-refractivity contribution in [3.05, 3.63) is 34.8 Å². The van der Waals surface area contributed by atoms with Crippen molar-refractivity contribution < 1.29 is 18.7 Å². The molecule has 2 aliphatic rings. The molecule has 0 spiro atoms. The first-order chi connectivity index (χ1) is 12.6. The fourth-order valence-corrected chi connectivity index (χ4v) is 3.03. The summed E-state index contributed by atoms with van der Waals surface area (Å²) in [6, 6.07) is 0.275. The topological polar surface area (TPSA) is 111 Å². The van der Waals surface area contributed by atoms with Crippen LogP contribution in [0.4, 0.5) is 0 Å². The van der Waals surface area contributed by atoms with E-state index in [1.807, 2.05) is 0 Å². The van der Waals surface area contributed by atoms with E-state index in [1.54, 1.807) is 11.6 Å². The van der Waals surface area contributed by atoms with Crippen LogP contribution in [0.5, 0.6) is 0 Å². The summed E-state index contributed by atoms with van der Waals surface area (Å²) in [5.41, 5.74) is 2.84. The SMILES string of the molecule is Cc1ncoc1C(=O)NCCn1nc(C(=O)NC2CC2)c2c1CCOC2. The summed E-state index contributed by atoms with van der Waals surface area (Å²) < 4.78 is 12.4. The maximum atomic E-state index is 12.4. The fourth-order valence-electron chi connectivity index (χ4n) is 3.03. The van der Waals surface area contributed by atoms with Crippen LogP contribution in [0, 0.1) is 6.92 Å². The summed E-state index contributed by atoms with van der Waals surface area (Å²) in [5.74, 6) is -0.240. The lowest BCUT2D eigenvalue weighted by atomic mass is 10.1. The molecule has 1 aliphatic heterocycles. The highest BCUT2D eigenvalue weighted by atomic mass is 16.5. The molecule has 2 aromatic rings. The van der Waals surface area contributed by atoms with Crippen LogP contribution in [0.1, 0.15) is 50.8 Å². The van der Waals surface area contributed by atoms with Crippen molar-refractivity contribution in [2.24, 2.45) is 0 Å². The molecule has 1 saturated carbocycles. The van der Waals surface area contributed by atoms with Gasteiger partial charge >= 0.3 is 0 Å². The molecular formula is C17H21N5O4. The Morgan fingerprint density at radius 3 is 2.92 bits per heavy atom. The molecule has 0 radical (unpaired) electrons. The number of aromatic nitrogens is 3. The van der Waals surface area contributed by atoms with Gasteiger partial charge in [0, 0.05) is 30.3 Å². The number of oxazole rings is 1. The second kappa shape index (κ2) is 6.91. The van der Waals surface area contributed by atoms with Gasteiger partial charge in [-0.1, -0.05) is 0 Å². The molecule has 9 nitrogen and oxygen atoms in total. The van der Waals surface area contributed by atoms with E-state index >= 15 is 0 Å². The molecule has 0 aromatic carbocycles. The Kier molecular flexibility index (Phi) is 4.46. The van der Waals surface area contributed by atoms with Crippen LogP contribution in [0.25, 0.3) is 0 Å². The van der Waals surface area contributed by atoms with Crippen molar-refractivity contribution in [1.29, 1.82) is 0 Å². The van der Waals surface area contributed by atoms with Gasteiger partial charge in [-0.3, -0.25) is 14.3 Å². The van der Waals surface area contributed by atoms with E-state index < -0.39 is 0 Å². The molecule has 0 saturated heterocycles. The lowest BCUT2D eigenvalue weighted by Gasteiger charge is -2.15. The zero-order valence-electron chi connectivity index (χ0n) is 14.6. The third kappa shape index (κ3) is 3.34. The summed E-state index contributed by atoms with van der Waals surface area (Å²) >= 11 is 0. The van der Waals surface area contributed by atoms with E-state index in [4.69, 9.17) is 9.15 Å². The fraction of sp³-hybridized carbons (Fsp3) is 0.529. The second-order valence-corrected chi connectivity index (χ2v) is 6.57. The number of carbonyl (C=O) groups is 2. The molecule has 2 amide bonds. The Labute approximate surface area is 150 Å². The average Bonchev–Trinajstić information content (AvgIpc) is 3.22. The van der Waals surface area contributed by atoms with Gasteiger partial charge in [0.25, 0.3) is 11.8 Å². The molecule has 2 N–H and O–H groups in total. The minimum absolute atomic E-state index is 0.144. The minimum atomic E-state index is -0.309. The number of hydrogen-bond acceptors (Lipinski definition) is 6. The molecule has 26 heavy (non-hydrogen) atoms. The summed E-state index contributed by atoms with van der Waals surface area (Å²) in [7, 11) is 0. The molecule has 0 unspecified atom stereocenters. The number of rotatable bonds is 6. The molecule has 9 heteroatoms. The van der Waals surface area contributed by atoms with Gasteiger partial charge in [0.15, 0.2) is 12.1 Å². The zero-order valence-corrected chi connectivity index (χ0v) is 14.6. The van der Waals surface area contributed by atoms with Crippen LogP contribution in [0.15, 0.2) is 10.8 Å². The van der Waals surface area contributed by atoms with E-state index in [1.165, 1.54) is 6.39 Å². The van der Waals surface area contributed by atoms with Crippen molar-refractivity contribution in [1.82, 2.24) is 25.4 Å². The maximum absolute atomic E-state index is 12.4. The van der Waals surface area contributed by atoms with Crippen LogP contribution < -0.4 is 10.6 Å². The number of hydrogen-bond donors (Lipinski definition) is 2. The number of nitrogens with zero attached hydrogens (tertiary/aromatic N) is 3. The quantitative estimate of drug-likeness (QED) is 0.780. The van der Waals surface area contributed by atoms with Crippen LogP contribution >= 0.6 is 0 Å². The third-order valence-corrected chi connectivity index (χ3v) is 4.58. The average molecular weight is 359 g/mol. The third-order valence-electron chi connectivity index (χ3n) is 4.58. The first-order valence-corrected chi connectivity index (χ1v) is 8.79. The van der Waals surface area contributed by atoms with Gasteiger partial charge < -0.3 is 19.8 Å². The predicted octanol–water partition coefficient (Wildman–Crippen LogP) is 0.574. The Balaban J connectivity index is 1.44. The van der Waals surface area contributed by atoms with Crippen molar-refractivity contribution in [2.75, 3.05) is 13.2 Å². The number of nitrogens with one attached hydrogen (secondary N) is 2. The van der Waals surface area contributed by atoms with E-state index in [2.05, 4.69) is 20.7 Å². The van der Waals surface area contributed by atoms with E-state index in [0.717, 1.165) is 24.1 Å². The smallest absolute Gasteiger partial charge is 0.289 e. The molecule has 1 fully saturated rings. The number of fused-ring (bicyclic) bond motifs is 1. The highest BCUT2D eigenvalue weighted by Crippen LogP contribution is 2.23. The molecule has 2 aromatic heterocycles. The number of amides is 2. The summed E-state index contributed by atoms with van der Waals surface area (Å²) in [5, 5.41) is 10.3.